The number of fused-ring (bicyclic) bond motifs is 1. The Bertz CT molecular complexity index is 1330. The highest BCUT2D eigenvalue weighted by atomic mass is 32.2. The van der Waals surface area contributed by atoms with E-state index in [4.69, 9.17) is 14.6 Å². The number of ether oxygens (including phenoxy) is 2. The van der Waals surface area contributed by atoms with Gasteiger partial charge in [-0.2, -0.15) is 4.99 Å². The predicted molar refractivity (Wildman–Crippen MR) is 138 cm³/mol. The van der Waals surface area contributed by atoms with E-state index >= 15 is 0 Å². The first-order valence-electron chi connectivity index (χ1n) is 11.4. The number of anilines is 1. The van der Waals surface area contributed by atoms with Crippen LogP contribution in [0.15, 0.2) is 70.6 Å². The summed E-state index contributed by atoms with van der Waals surface area (Å²) in [4.78, 5) is 28.1. The smallest absolute Gasteiger partial charge is 0.307 e. The number of aliphatic imine (C=N–C) groups is 1. The minimum absolute atomic E-state index is 0.0373. The fourth-order valence-electron chi connectivity index (χ4n) is 4.04. The van der Waals surface area contributed by atoms with Gasteiger partial charge in [0.15, 0.2) is 5.17 Å². The van der Waals surface area contributed by atoms with Gasteiger partial charge in [0.05, 0.1) is 17.4 Å². The zero-order valence-electron chi connectivity index (χ0n) is 18.9. The van der Waals surface area contributed by atoms with Crippen molar-refractivity contribution in [2.45, 2.75) is 25.4 Å². The van der Waals surface area contributed by atoms with Crippen molar-refractivity contribution in [2.24, 2.45) is 4.99 Å². The lowest BCUT2D eigenvalue weighted by molar-refractivity contribution is -0.136. The first-order valence-corrected chi connectivity index (χ1v) is 12.2. The molecule has 3 aromatic carbocycles. The summed E-state index contributed by atoms with van der Waals surface area (Å²) in [6.07, 6.45) is 3.90. The molecule has 2 aliphatic heterocycles. The predicted octanol–water partition coefficient (Wildman–Crippen LogP) is 5.11. The van der Waals surface area contributed by atoms with Crippen LogP contribution in [-0.2, 0) is 20.7 Å². The lowest BCUT2D eigenvalue weighted by Crippen LogP contribution is -2.16. The molecule has 1 fully saturated rings. The average molecular weight is 489 g/mol. The van der Waals surface area contributed by atoms with Gasteiger partial charge in [-0.25, -0.2) is 0 Å². The van der Waals surface area contributed by atoms with Crippen LogP contribution in [0.5, 0.6) is 5.75 Å². The molecule has 3 aromatic rings. The quantitative estimate of drug-likeness (QED) is 0.446. The zero-order valence-corrected chi connectivity index (χ0v) is 19.7. The van der Waals surface area contributed by atoms with Gasteiger partial charge in [-0.3, -0.25) is 9.59 Å². The summed E-state index contributed by atoms with van der Waals surface area (Å²) in [7, 11) is 0. The van der Waals surface area contributed by atoms with Crippen molar-refractivity contribution in [3.63, 3.8) is 0 Å². The number of carbonyl (C=O) groups excluding carboxylic acids is 1. The molecule has 1 unspecified atom stereocenters. The maximum atomic E-state index is 12.7. The first-order chi connectivity index (χ1) is 17.0. The molecule has 0 bridgehead atoms. The number of rotatable bonds is 7. The molecule has 35 heavy (non-hydrogen) atoms. The second-order valence-electron chi connectivity index (χ2n) is 8.41. The number of aliphatic carboxylic acids is 1. The highest BCUT2D eigenvalue weighted by Crippen LogP contribution is 2.34. The van der Waals surface area contributed by atoms with Crippen molar-refractivity contribution in [1.29, 1.82) is 0 Å². The Kier molecular flexibility index (Phi) is 6.83. The van der Waals surface area contributed by atoms with Gasteiger partial charge in [0.25, 0.3) is 5.91 Å². The van der Waals surface area contributed by atoms with Crippen molar-refractivity contribution in [2.75, 3.05) is 18.5 Å². The second-order valence-corrected chi connectivity index (χ2v) is 9.44. The Morgan fingerprint density at radius 3 is 2.66 bits per heavy atom. The summed E-state index contributed by atoms with van der Waals surface area (Å²) in [5.41, 5.74) is 2.24. The highest BCUT2D eigenvalue weighted by molar-refractivity contribution is 8.18. The summed E-state index contributed by atoms with van der Waals surface area (Å²) in [6.45, 7) is 1.24. The normalized spacial score (nSPS) is 18.7. The Labute approximate surface area is 206 Å². The molecule has 0 saturated carbocycles. The second kappa shape index (κ2) is 10.3. The number of carbonyl (C=O) groups is 2. The number of amides is 1. The van der Waals surface area contributed by atoms with Gasteiger partial charge in [0.2, 0.25) is 0 Å². The molecule has 0 aliphatic carbocycles. The number of hydrogen-bond donors (Lipinski definition) is 2. The van der Waals surface area contributed by atoms with Crippen molar-refractivity contribution in [3.8, 4) is 5.75 Å². The zero-order chi connectivity index (χ0) is 24.2. The van der Waals surface area contributed by atoms with Gasteiger partial charge in [-0.15, -0.1) is 0 Å². The van der Waals surface area contributed by atoms with Crippen LogP contribution in [0.3, 0.4) is 0 Å². The van der Waals surface area contributed by atoms with E-state index < -0.39 is 5.97 Å². The Morgan fingerprint density at radius 1 is 1.17 bits per heavy atom. The number of thioether (sulfide) groups is 1. The molecule has 0 spiro atoms. The van der Waals surface area contributed by atoms with Crippen molar-refractivity contribution in [1.82, 2.24) is 0 Å². The largest absolute Gasteiger partial charge is 0.490 e. The van der Waals surface area contributed by atoms with Crippen LogP contribution in [-0.4, -0.2) is 41.5 Å². The van der Waals surface area contributed by atoms with Crippen molar-refractivity contribution >= 4 is 51.3 Å². The molecule has 2 heterocycles. The summed E-state index contributed by atoms with van der Waals surface area (Å²) in [5.74, 6) is -0.497. The Morgan fingerprint density at radius 2 is 1.94 bits per heavy atom. The van der Waals surface area contributed by atoms with E-state index in [1.54, 1.807) is 24.3 Å². The molecule has 1 atom stereocenters. The number of nitrogens with one attached hydrogen (secondary N) is 1. The summed E-state index contributed by atoms with van der Waals surface area (Å²) < 4.78 is 11.8. The number of amidine groups is 1. The van der Waals surface area contributed by atoms with Crippen LogP contribution in [0.1, 0.15) is 24.0 Å². The van der Waals surface area contributed by atoms with E-state index in [-0.39, 0.29) is 18.4 Å². The third-order valence-corrected chi connectivity index (χ3v) is 6.69. The van der Waals surface area contributed by atoms with Gasteiger partial charge in [0.1, 0.15) is 12.4 Å². The third kappa shape index (κ3) is 5.72. The van der Waals surface area contributed by atoms with Crippen LogP contribution < -0.4 is 10.1 Å². The Balaban J connectivity index is 1.34. The average Bonchev–Trinajstić information content (AvgIpc) is 3.48. The van der Waals surface area contributed by atoms with Crippen molar-refractivity contribution < 1.29 is 24.2 Å². The molecule has 2 N–H and O–H groups in total. The van der Waals surface area contributed by atoms with Crippen LogP contribution in [0.25, 0.3) is 16.8 Å². The molecule has 7 nitrogen and oxygen atoms in total. The van der Waals surface area contributed by atoms with Gasteiger partial charge in [-0.05, 0) is 71.3 Å². The van der Waals surface area contributed by atoms with E-state index in [1.807, 2.05) is 42.5 Å². The summed E-state index contributed by atoms with van der Waals surface area (Å²) in [6, 6.07) is 19.1. The number of benzene rings is 3. The lowest BCUT2D eigenvalue weighted by atomic mass is 10.1. The minimum Gasteiger partial charge on any atom is -0.490 e. The molecule has 8 heteroatoms. The van der Waals surface area contributed by atoms with Gasteiger partial charge < -0.3 is 19.9 Å². The number of carboxylic acid groups (broad SMARTS) is 1. The third-order valence-electron chi connectivity index (χ3n) is 5.79. The lowest BCUT2D eigenvalue weighted by Gasteiger charge is -2.15. The number of hydrogen-bond acceptors (Lipinski definition) is 6. The first kappa shape index (κ1) is 23.1. The molecule has 0 aromatic heterocycles. The van der Waals surface area contributed by atoms with Gasteiger partial charge >= 0.3 is 5.97 Å². The maximum Gasteiger partial charge on any atom is 0.307 e. The van der Waals surface area contributed by atoms with Crippen LogP contribution in [0, 0.1) is 0 Å². The topological polar surface area (TPSA) is 97.2 Å². The standard InChI is InChI=1S/C27H24N2O5S/c30-25(31)12-17-7-9-21(10-8-17)28-27-29-26(32)24(35-27)15-20-13-18-4-1-2-5-19(18)14-23(20)34-16-22-6-3-11-33-22/h1-2,4-5,7-10,13-15,22H,3,6,11-12,16H2,(H,30,31)(H,28,29,32). The molecule has 2 aliphatic rings. The SMILES string of the molecule is O=C(O)Cc1ccc(NC2=NC(=O)C(=Cc3cc4ccccc4cc3OCC3CCCO3)S2)cc1. The molecular formula is C27H24N2O5S. The molecular weight excluding hydrogens is 464 g/mol. The monoisotopic (exact) mass is 488 g/mol. The van der Waals surface area contributed by atoms with E-state index in [0.717, 1.165) is 41.5 Å². The molecule has 1 saturated heterocycles. The van der Waals surface area contributed by atoms with E-state index in [1.165, 1.54) is 11.8 Å². The number of carboxylic acids is 1. The fraction of sp³-hybridized carbons (Fsp3) is 0.222. The van der Waals surface area contributed by atoms with Gasteiger partial charge in [0, 0.05) is 17.9 Å². The van der Waals surface area contributed by atoms with Crippen molar-refractivity contribution in [3.05, 3.63) is 76.7 Å². The van der Waals surface area contributed by atoms with E-state index in [0.29, 0.717) is 28.0 Å². The summed E-state index contributed by atoms with van der Waals surface area (Å²) >= 11 is 1.26. The minimum atomic E-state index is -0.880. The molecule has 0 radical (unpaired) electrons. The molecule has 1 amide bonds. The highest BCUT2D eigenvalue weighted by Gasteiger charge is 2.23. The van der Waals surface area contributed by atoms with E-state index in [2.05, 4.69) is 10.3 Å². The maximum absolute atomic E-state index is 12.7. The Hall–Kier alpha value is -3.62. The molecule has 5 rings (SSSR count). The van der Waals surface area contributed by atoms with Crippen LogP contribution in [0.2, 0.25) is 0 Å². The van der Waals surface area contributed by atoms with Gasteiger partial charge in [-0.1, -0.05) is 36.4 Å². The molecule has 178 valence electrons. The van der Waals surface area contributed by atoms with E-state index in [9.17, 15) is 9.59 Å². The summed E-state index contributed by atoms with van der Waals surface area (Å²) in [5, 5.41) is 14.6. The fourth-order valence-corrected chi connectivity index (χ4v) is 4.87. The van der Waals surface area contributed by atoms with Crippen LogP contribution in [0.4, 0.5) is 5.69 Å². The number of nitrogens with zero attached hydrogens (tertiary/aromatic N) is 1. The van der Waals surface area contributed by atoms with Crippen LogP contribution >= 0.6 is 11.8 Å².